The molecule has 6 heteroatoms. The smallest absolute Gasteiger partial charge is 0.306 e. The number of carbonyl (C=O) groups excluding carboxylic acids is 3. The van der Waals surface area contributed by atoms with Gasteiger partial charge in [-0.05, 0) is 89.9 Å². The summed E-state index contributed by atoms with van der Waals surface area (Å²) >= 11 is 0. The third-order valence-electron chi connectivity index (χ3n) is 14.2. The van der Waals surface area contributed by atoms with Gasteiger partial charge in [-0.1, -0.05) is 293 Å². The van der Waals surface area contributed by atoms with Gasteiger partial charge in [-0.3, -0.25) is 14.4 Å². The van der Waals surface area contributed by atoms with Crippen molar-refractivity contribution in [1.29, 1.82) is 0 Å². The number of ether oxygens (including phenoxy) is 3. The highest BCUT2D eigenvalue weighted by Crippen LogP contribution is 2.17. The Labute approximate surface area is 465 Å². The average molecular weight is 1050 g/mol. The summed E-state index contributed by atoms with van der Waals surface area (Å²) in [7, 11) is 0. The number of rotatable bonds is 59. The summed E-state index contributed by atoms with van der Waals surface area (Å²) in [6, 6.07) is 0. The van der Waals surface area contributed by atoms with Crippen LogP contribution in [0, 0.1) is 0 Å². The van der Waals surface area contributed by atoms with Crippen molar-refractivity contribution in [1.82, 2.24) is 0 Å². The monoisotopic (exact) mass is 1050 g/mol. The van der Waals surface area contributed by atoms with E-state index in [1.54, 1.807) is 0 Å². The Hall–Kier alpha value is -3.15. The molecule has 0 rings (SSSR count). The number of hydrogen-bond donors (Lipinski definition) is 0. The second-order valence-corrected chi connectivity index (χ2v) is 21.6. The van der Waals surface area contributed by atoms with Gasteiger partial charge in [0.15, 0.2) is 6.10 Å². The zero-order chi connectivity index (χ0) is 54.3. The first-order valence-electron chi connectivity index (χ1n) is 32.4. The molecule has 1 unspecified atom stereocenters. The third kappa shape index (κ3) is 61.6. The fraction of sp³-hybridized carbons (Fsp3) is 0.783. The molecule has 0 radical (unpaired) electrons. The van der Waals surface area contributed by atoms with Gasteiger partial charge in [0.05, 0.1) is 0 Å². The molecule has 0 heterocycles. The second-order valence-electron chi connectivity index (χ2n) is 21.6. The fourth-order valence-electron chi connectivity index (χ4n) is 9.35. The van der Waals surface area contributed by atoms with Gasteiger partial charge in [0.1, 0.15) is 13.2 Å². The van der Waals surface area contributed by atoms with Crippen LogP contribution >= 0.6 is 0 Å². The SMILES string of the molecule is CC/C=C\C/C=C\C/C=C\C/C=C\CCCCCCCCCCCCCCCCCCCCCCC(=O)OCC(COC(=O)CCCCCCCCCCC)OC(=O)CCCCCCC/C=C\C/C=C\CCCCC. The van der Waals surface area contributed by atoms with Crippen LogP contribution in [0.1, 0.15) is 329 Å². The molecule has 0 aromatic heterocycles. The number of allylic oxidation sites excluding steroid dienone is 12. The highest BCUT2D eigenvalue weighted by atomic mass is 16.6. The highest BCUT2D eigenvalue weighted by molar-refractivity contribution is 5.71. The van der Waals surface area contributed by atoms with Gasteiger partial charge in [0.25, 0.3) is 0 Å². The van der Waals surface area contributed by atoms with E-state index >= 15 is 0 Å². The summed E-state index contributed by atoms with van der Waals surface area (Å²) in [5, 5.41) is 0. The van der Waals surface area contributed by atoms with Crippen molar-refractivity contribution in [3.63, 3.8) is 0 Å². The summed E-state index contributed by atoms with van der Waals surface area (Å²) in [6.45, 7) is 6.50. The van der Waals surface area contributed by atoms with Crippen LogP contribution in [-0.2, 0) is 28.6 Å². The van der Waals surface area contributed by atoms with Crippen LogP contribution in [0.15, 0.2) is 72.9 Å². The number of unbranched alkanes of at least 4 members (excludes halogenated alkanes) is 36. The molecule has 0 saturated carbocycles. The molecule has 0 saturated heterocycles. The van der Waals surface area contributed by atoms with E-state index in [4.69, 9.17) is 14.2 Å². The lowest BCUT2D eigenvalue weighted by atomic mass is 10.0. The Kier molecular flexibility index (Phi) is 60.7. The molecular formula is C69H122O6. The highest BCUT2D eigenvalue weighted by Gasteiger charge is 2.19. The lowest BCUT2D eigenvalue weighted by Crippen LogP contribution is -2.30. The average Bonchev–Trinajstić information content (AvgIpc) is 3.41. The molecule has 75 heavy (non-hydrogen) atoms. The molecule has 0 fully saturated rings. The first kappa shape index (κ1) is 71.8. The molecule has 0 aliphatic carbocycles. The summed E-state index contributed by atoms with van der Waals surface area (Å²) in [5.41, 5.74) is 0. The minimum atomic E-state index is -0.778. The van der Waals surface area contributed by atoms with Gasteiger partial charge in [0.2, 0.25) is 0 Å². The molecule has 1 atom stereocenters. The first-order chi connectivity index (χ1) is 37.0. The van der Waals surface area contributed by atoms with E-state index in [9.17, 15) is 14.4 Å². The molecular weight excluding hydrogens is 925 g/mol. The zero-order valence-electron chi connectivity index (χ0n) is 49.8. The van der Waals surface area contributed by atoms with Crippen LogP contribution in [0.5, 0.6) is 0 Å². The zero-order valence-corrected chi connectivity index (χ0v) is 49.8. The van der Waals surface area contributed by atoms with Gasteiger partial charge in [-0.2, -0.15) is 0 Å². The van der Waals surface area contributed by atoms with Crippen molar-refractivity contribution in [3.05, 3.63) is 72.9 Å². The summed E-state index contributed by atoms with van der Waals surface area (Å²) < 4.78 is 16.9. The van der Waals surface area contributed by atoms with Crippen LogP contribution in [-0.4, -0.2) is 37.2 Å². The molecule has 0 aromatic carbocycles. The predicted octanol–water partition coefficient (Wildman–Crippen LogP) is 22.1. The van der Waals surface area contributed by atoms with Crippen molar-refractivity contribution in [3.8, 4) is 0 Å². The fourth-order valence-corrected chi connectivity index (χ4v) is 9.35. The minimum Gasteiger partial charge on any atom is -0.462 e. The Bertz CT molecular complexity index is 1390. The van der Waals surface area contributed by atoms with Gasteiger partial charge >= 0.3 is 17.9 Å². The molecule has 434 valence electrons. The van der Waals surface area contributed by atoms with Crippen molar-refractivity contribution in [2.75, 3.05) is 13.2 Å². The Morgan fingerprint density at radius 1 is 0.280 bits per heavy atom. The molecule has 6 nitrogen and oxygen atoms in total. The summed E-state index contributed by atoms with van der Waals surface area (Å²) in [4.78, 5) is 38.1. The van der Waals surface area contributed by atoms with Crippen LogP contribution in [0.4, 0.5) is 0 Å². The number of carbonyl (C=O) groups is 3. The van der Waals surface area contributed by atoms with Crippen molar-refractivity contribution in [2.24, 2.45) is 0 Å². The normalized spacial score (nSPS) is 12.5. The summed E-state index contributed by atoms with van der Waals surface area (Å²) in [6.07, 6.45) is 82.2. The first-order valence-corrected chi connectivity index (χ1v) is 32.4. The van der Waals surface area contributed by atoms with E-state index in [2.05, 4.69) is 93.7 Å². The Morgan fingerprint density at radius 2 is 0.520 bits per heavy atom. The topological polar surface area (TPSA) is 78.9 Å². The van der Waals surface area contributed by atoms with Crippen molar-refractivity contribution >= 4 is 17.9 Å². The predicted molar refractivity (Wildman–Crippen MR) is 325 cm³/mol. The maximum absolute atomic E-state index is 12.8. The molecule has 0 bridgehead atoms. The number of hydrogen-bond acceptors (Lipinski definition) is 6. The van der Waals surface area contributed by atoms with E-state index in [0.717, 1.165) is 109 Å². The van der Waals surface area contributed by atoms with E-state index < -0.39 is 6.10 Å². The maximum atomic E-state index is 12.8. The van der Waals surface area contributed by atoms with Gasteiger partial charge in [-0.15, -0.1) is 0 Å². The quantitative estimate of drug-likeness (QED) is 0.0261. The van der Waals surface area contributed by atoms with Crippen molar-refractivity contribution < 1.29 is 28.6 Å². The standard InChI is InChI=1S/C69H122O6/c1-4-7-10-13-16-19-21-23-25-26-27-28-29-30-31-32-33-34-35-36-37-38-39-40-41-42-44-45-47-50-53-56-59-62-68(71)74-65-66(64-73-67(70)61-58-55-52-49-18-15-12-9-6-3)75-69(72)63-60-57-54-51-48-46-43-24-22-20-17-14-11-8-5-2/h7,10,16-17,19-20,23-25,27-28,43,66H,4-6,8-9,11-15,18,21-22,26,29-42,44-65H2,1-3H3/b10-7-,19-16-,20-17-,25-23-,28-27-,43-24-. The molecule has 0 spiro atoms. The van der Waals surface area contributed by atoms with Crippen LogP contribution in [0.3, 0.4) is 0 Å². The molecule has 0 aliphatic rings. The second kappa shape index (κ2) is 63.4. The largest absolute Gasteiger partial charge is 0.462 e. The summed E-state index contributed by atoms with van der Waals surface area (Å²) in [5.74, 6) is -0.877. The van der Waals surface area contributed by atoms with Crippen LogP contribution in [0.25, 0.3) is 0 Å². The maximum Gasteiger partial charge on any atom is 0.306 e. The molecule has 0 aromatic rings. The lowest BCUT2D eigenvalue weighted by molar-refractivity contribution is -0.167. The molecule has 0 N–H and O–H groups in total. The number of esters is 3. The molecule has 0 aliphatic heterocycles. The van der Waals surface area contributed by atoms with Crippen LogP contribution < -0.4 is 0 Å². The Balaban J connectivity index is 4.04. The van der Waals surface area contributed by atoms with E-state index in [-0.39, 0.29) is 31.1 Å². The lowest BCUT2D eigenvalue weighted by Gasteiger charge is -2.18. The van der Waals surface area contributed by atoms with Gasteiger partial charge < -0.3 is 14.2 Å². The minimum absolute atomic E-state index is 0.0760. The van der Waals surface area contributed by atoms with E-state index in [1.165, 1.54) is 180 Å². The van der Waals surface area contributed by atoms with E-state index in [1.807, 2.05) is 0 Å². The Morgan fingerprint density at radius 3 is 0.840 bits per heavy atom. The third-order valence-corrected chi connectivity index (χ3v) is 14.2. The van der Waals surface area contributed by atoms with Gasteiger partial charge in [-0.25, -0.2) is 0 Å². The van der Waals surface area contributed by atoms with Crippen molar-refractivity contribution in [2.45, 2.75) is 335 Å². The van der Waals surface area contributed by atoms with Crippen LogP contribution in [0.2, 0.25) is 0 Å². The van der Waals surface area contributed by atoms with E-state index in [0.29, 0.717) is 19.3 Å². The molecule has 0 amide bonds. The van der Waals surface area contributed by atoms with Gasteiger partial charge in [0, 0.05) is 19.3 Å².